The molecule has 1 amide bonds. The molecular weight excluding hydrogens is 454 g/mol. The summed E-state index contributed by atoms with van der Waals surface area (Å²) >= 11 is 5.85. The predicted octanol–water partition coefficient (Wildman–Crippen LogP) is 3.37. The van der Waals surface area contributed by atoms with Crippen molar-refractivity contribution in [2.45, 2.75) is 30.8 Å². The summed E-state index contributed by atoms with van der Waals surface area (Å²) in [5.41, 5.74) is 1.22. The summed E-state index contributed by atoms with van der Waals surface area (Å²) in [6.45, 7) is 2.97. The van der Waals surface area contributed by atoms with E-state index in [1.807, 2.05) is 4.90 Å². The van der Waals surface area contributed by atoms with Crippen molar-refractivity contribution in [3.05, 3.63) is 53.1 Å². The van der Waals surface area contributed by atoms with Crippen LogP contribution in [0.3, 0.4) is 0 Å². The van der Waals surface area contributed by atoms with Crippen LogP contribution < -0.4 is 10.2 Å². The van der Waals surface area contributed by atoms with E-state index in [0.717, 1.165) is 30.2 Å². The largest absolute Gasteiger partial charge is 0.449 e. The number of amides is 1. The van der Waals surface area contributed by atoms with E-state index in [0.29, 0.717) is 16.4 Å². The highest BCUT2D eigenvalue weighted by atomic mass is 35.5. The van der Waals surface area contributed by atoms with Crippen molar-refractivity contribution >= 4 is 44.9 Å². The lowest BCUT2D eigenvalue weighted by atomic mass is 10.1. The minimum Gasteiger partial charge on any atom is -0.449 e. The Morgan fingerprint density at radius 2 is 1.72 bits per heavy atom. The number of esters is 1. The van der Waals surface area contributed by atoms with E-state index in [4.69, 9.17) is 16.3 Å². The number of halogens is 1. The summed E-state index contributed by atoms with van der Waals surface area (Å²) in [4.78, 5) is 27.5. The summed E-state index contributed by atoms with van der Waals surface area (Å²) < 4.78 is 31.7. The molecule has 0 spiro atoms. The van der Waals surface area contributed by atoms with Crippen molar-refractivity contribution in [2.24, 2.45) is 0 Å². The molecule has 10 heteroatoms. The van der Waals surface area contributed by atoms with Gasteiger partial charge >= 0.3 is 5.97 Å². The zero-order chi connectivity index (χ0) is 23.5. The number of benzene rings is 2. The minimum atomic E-state index is -3.75. The highest BCUT2D eigenvalue weighted by Crippen LogP contribution is 2.29. The highest BCUT2D eigenvalue weighted by Gasteiger charge is 2.27. The molecule has 1 fully saturated rings. The first-order chi connectivity index (χ1) is 15.1. The third-order valence-corrected chi connectivity index (χ3v) is 7.24. The number of carbonyl (C=O) groups excluding carboxylic acids is 2. The fraction of sp³-hybridized carbons (Fsp3) is 0.364. The van der Waals surface area contributed by atoms with Gasteiger partial charge in [-0.15, -0.1) is 0 Å². The van der Waals surface area contributed by atoms with Crippen LogP contribution in [0.4, 0.5) is 11.4 Å². The minimum absolute atomic E-state index is 0.0179. The van der Waals surface area contributed by atoms with E-state index in [9.17, 15) is 18.0 Å². The number of hydrogen-bond donors (Lipinski definition) is 1. The lowest BCUT2D eigenvalue weighted by molar-refractivity contribution is -0.123. The maximum atomic E-state index is 13.0. The number of ether oxygens (including phenoxy) is 1. The topological polar surface area (TPSA) is 96.0 Å². The van der Waals surface area contributed by atoms with Crippen LogP contribution in [0.1, 0.15) is 30.1 Å². The Morgan fingerprint density at radius 3 is 2.31 bits per heavy atom. The second-order valence-electron chi connectivity index (χ2n) is 7.70. The lowest BCUT2D eigenvalue weighted by Crippen LogP contribution is -2.31. The summed E-state index contributed by atoms with van der Waals surface area (Å²) in [5, 5.41) is 3.19. The Labute approximate surface area is 193 Å². The molecule has 1 unspecified atom stereocenters. The first kappa shape index (κ1) is 24.0. The van der Waals surface area contributed by atoms with Gasteiger partial charge in [0.05, 0.1) is 16.1 Å². The second kappa shape index (κ2) is 9.89. The first-order valence-electron chi connectivity index (χ1n) is 10.2. The zero-order valence-corrected chi connectivity index (χ0v) is 19.7. The van der Waals surface area contributed by atoms with E-state index >= 15 is 0 Å². The van der Waals surface area contributed by atoms with Crippen LogP contribution in [0.25, 0.3) is 0 Å². The summed E-state index contributed by atoms with van der Waals surface area (Å²) in [5.74, 6) is -1.28. The van der Waals surface area contributed by atoms with Crippen molar-refractivity contribution < 1.29 is 22.7 Å². The van der Waals surface area contributed by atoms with E-state index in [-0.39, 0.29) is 10.5 Å². The number of nitrogens with zero attached hydrogens (tertiary/aromatic N) is 2. The van der Waals surface area contributed by atoms with Gasteiger partial charge in [0.15, 0.2) is 6.10 Å². The van der Waals surface area contributed by atoms with E-state index in [1.54, 1.807) is 30.3 Å². The molecule has 1 N–H and O–H groups in total. The SMILES string of the molecule is CC(OC(=O)c1cc(S(=O)(=O)N(C)C)ccc1N1CCCC1)C(=O)Nc1ccc(Cl)cc1. The van der Waals surface area contributed by atoms with Crippen molar-refractivity contribution in [3.63, 3.8) is 0 Å². The van der Waals surface area contributed by atoms with Gasteiger partial charge in [-0.1, -0.05) is 11.6 Å². The number of sulfonamides is 1. The molecule has 172 valence electrons. The van der Waals surface area contributed by atoms with Gasteiger partial charge in [0, 0.05) is 37.9 Å². The van der Waals surface area contributed by atoms with Crippen LogP contribution in [-0.4, -0.2) is 57.9 Å². The molecule has 2 aromatic rings. The fourth-order valence-electron chi connectivity index (χ4n) is 3.34. The van der Waals surface area contributed by atoms with Gasteiger partial charge in [0.1, 0.15) is 0 Å². The standard InChI is InChI=1S/C22H26ClN3O5S/c1-15(21(27)24-17-8-6-16(23)7-9-17)31-22(28)19-14-18(32(29,30)25(2)3)10-11-20(19)26-12-4-5-13-26/h6-11,14-15H,4-5,12-13H2,1-3H3,(H,24,27). The van der Waals surface area contributed by atoms with Gasteiger partial charge in [-0.05, 0) is 62.2 Å². The van der Waals surface area contributed by atoms with Crippen LogP contribution >= 0.6 is 11.6 Å². The quantitative estimate of drug-likeness (QED) is 0.611. The van der Waals surface area contributed by atoms with E-state index in [1.165, 1.54) is 33.2 Å². The third-order valence-electron chi connectivity index (χ3n) is 5.18. The summed E-state index contributed by atoms with van der Waals surface area (Å²) in [6, 6.07) is 11.0. The number of carbonyl (C=O) groups is 2. The smallest absolute Gasteiger partial charge is 0.341 e. The molecule has 0 bridgehead atoms. The lowest BCUT2D eigenvalue weighted by Gasteiger charge is -2.23. The Bertz CT molecular complexity index is 1100. The van der Waals surface area contributed by atoms with Crippen molar-refractivity contribution in [2.75, 3.05) is 37.4 Å². The number of nitrogens with one attached hydrogen (secondary N) is 1. The highest BCUT2D eigenvalue weighted by molar-refractivity contribution is 7.89. The van der Waals surface area contributed by atoms with Crippen LogP contribution in [0.15, 0.2) is 47.4 Å². The average molecular weight is 480 g/mol. The van der Waals surface area contributed by atoms with Gasteiger partial charge in [-0.25, -0.2) is 17.5 Å². The van der Waals surface area contributed by atoms with Crippen molar-refractivity contribution in [1.29, 1.82) is 0 Å². The van der Waals surface area contributed by atoms with Gasteiger partial charge < -0.3 is 15.0 Å². The Balaban J connectivity index is 1.84. The monoisotopic (exact) mass is 479 g/mol. The molecule has 0 saturated carbocycles. The van der Waals surface area contributed by atoms with E-state index < -0.39 is 28.0 Å². The summed E-state index contributed by atoms with van der Waals surface area (Å²) in [6.07, 6.45) is 0.858. The molecule has 3 rings (SSSR count). The molecule has 2 aromatic carbocycles. The molecule has 0 aliphatic carbocycles. The molecule has 1 heterocycles. The molecule has 8 nitrogen and oxygen atoms in total. The molecule has 1 saturated heterocycles. The molecule has 0 radical (unpaired) electrons. The maximum absolute atomic E-state index is 13.0. The van der Waals surface area contributed by atoms with Gasteiger partial charge in [0.2, 0.25) is 10.0 Å². The Hall–Kier alpha value is -2.62. The molecule has 1 aliphatic heterocycles. The number of rotatable bonds is 7. The molecule has 1 aliphatic rings. The first-order valence-corrected chi connectivity index (χ1v) is 12.0. The molecular formula is C22H26ClN3O5S. The van der Waals surface area contributed by atoms with E-state index in [2.05, 4.69) is 5.32 Å². The third kappa shape index (κ3) is 5.40. The molecule has 1 atom stereocenters. The van der Waals surface area contributed by atoms with Crippen LogP contribution in [0.2, 0.25) is 5.02 Å². The van der Waals surface area contributed by atoms with Crippen molar-refractivity contribution in [1.82, 2.24) is 4.31 Å². The fourth-order valence-corrected chi connectivity index (χ4v) is 4.39. The molecule has 0 aromatic heterocycles. The number of hydrogen-bond acceptors (Lipinski definition) is 6. The maximum Gasteiger partial charge on any atom is 0.341 e. The Morgan fingerprint density at radius 1 is 1.09 bits per heavy atom. The van der Waals surface area contributed by atoms with Gasteiger partial charge in [-0.2, -0.15) is 0 Å². The van der Waals surface area contributed by atoms with Gasteiger partial charge in [0.25, 0.3) is 5.91 Å². The molecule has 32 heavy (non-hydrogen) atoms. The van der Waals surface area contributed by atoms with Crippen molar-refractivity contribution in [3.8, 4) is 0 Å². The van der Waals surface area contributed by atoms with Crippen LogP contribution in [-0.2, 0) is 19.6 Å². The second-order valence-corrected chi connectivity index (χ2v) is 10.3. The predicted molar refractivity (Wildman–Crippen MR) is 124 cm³/mol. The van der Waals surface area contributed by atoms with Crippen LogP contribution in [0, 0.1) is 0 Å². The number of anilines is 2. The van der Waals surface area contributed by atoms with Crippen LogP contribution in [0.5, 0.6) is 0 Å². The summed E-state index contributed by atoms with van der Waals surface area (Å²) in [7, 11) is -0.902. The average Bonchev–Trinajstić information content (AvgIpc) is 3.29. The zero-order valence-electron chi connectivity index (χ0n) is 18.2. The Kier molecular flexibility index (Phi) is 7.43. The normalized spacial score (nSPS) is 15.0. The van der Waals surface area contributed by atoms with Gasteiger partial charge in [-0.3, -0.25) is 4.79 Å².